The first-order valence-corrected chi connectivity index (χ1v) is 13.7. The summed E-state index contributed by atoms with van der Waals surface area (Å²) in [5.41, 5.74) is 7.50. The van der Waals surface area contributed by atoms with Crippen LogP contribution in [0.5, 0.6) is 0 Å². The zero-order valence-electron chi connectivity index (χ0n) is 21.9. The summed E-state index contributed by atoms with van der Waals surface area (Å²) in [4.78, 5) is 34.1. The molecule has 1 aliphatic rings. The van der Waals surface area contributed by atoms with Gasteiger partial charge in [-0.1, -0.05) is 25.3 Å². The quantitative estimate of drug-likeness (QED) is 0.226. The minimum atomic E-state index is 0.0509. The van der Waals surface area contributed by atoms with Crippen molar-refractivity contribution in [3.05, 3.63) is 73.6 Å². The smallest absolute Gasteiger partial charge is 0.224 e. The Kier molecular flexibility index (Phi) is 6.24. The number of fused-ring (bicyclic) bond motifs is 2. The molecule has 0 aromatic carbocycles. The second-order valence-electron chi connectivity index (χ2n) is 10.5. The summed E-state index contributed by atoms with van der Waals surface area (Å²) in [6.07, 6.45) is 17.3. The van der Waals surface area contributed by atoms with Gasteiger partial charge in [0, 0.05) is 58.7 Å². The number of aromatic amines is 2. The second kappa shape index (κ2) is 10.3. The average Bonchev–Trinajstić information content (AvgIpc) is 3.62. The van der Waals surface area contributed by atoms with Crippen LogP contribution in [0, 0.1) is 5.92 Å². The minimum absolute atomic E-state index is 0.0509. The molecule has 0 unspecified atom stereocenters. The van der Waals surface area contributed by atoms with Crippen molar-refractivity contribution in [2.75, 3.05) is 5.32 Å². The SMILES string of the molecule is O=C(CC1CCCCC1)Nc1cncc(-c2cnc3n[nH]c(-c4cc5c(-c6ccccn6)cncc5[nH]4)c3c2)c1. The molecule has 9 heteroatoms. The number of amides is 1. The van der Waals surface area contributed by atoms with E-state index in [0.717, 1.165) is 62.9 Å². The maximum atomic E-state index is 12.7. The van der Waals surface area contributed by atoms with Gasteiger partial charge < -0.3 is 10.3 Å². The molecule has 1 amide bonds. The number of hydrogen-bond acceptors (Lipinski definition) is 6. The van der Waals surface area contributed by atoms with Gasteiger partial charge in [-0.15, -0.1) is 0 Å². The van der Waals surface area contributed by atoms with Crippen LogP contribution in [0.3, 0.4) is 0 Å². The molecule has 198 valence electrons. The molecule has 0 bridgehead atoms. The summed E-state index contributed by atoms with van der Waals surface area (Å²) in [5, 5.41) is 12.5. The monoisotopic (exact) mass is 528 g/mol. The van der Waals surface area contributed by atoms with Crippen molar-refractivity contribution >= 4 is 33.5 Å². The third-order valence-electron chi connectivity index (χ3n) is 7.72. The predicted octanol–water partition coefficient (Wildman–Crippen LogP) is 6.53. The number of pyridine rings is 4. The molecule has 0 atom stereocenters. The third kappa shape index (κ3) is 4.70. The molecule has 9 nitrogen and oxygen atoms in total. The summed E-state index contributed by atoms with van der Waals surface area (Å²) >= 11 is 0. The Labute approximate surface area is 230 Å². The maximum Gasteiger partial charge on any atom is 0.224 e. The van der Waals surface area contributed by atoms with Crippen LogP contribution < -0.4 is 5.32 Å². The molecule has 7 rings (SSSR count). The van der Waals surface area contributed by atoms with Gasteiger partial charge in [-0.2, -0.15) is 5.10 Å². The molecule has 1 saturated carbocycles. The number of H-pyrrole nitrogens is 2. The molecule has 1 aliphatic carbocycles. The lowest BCUT2D eigenvalue weighted by atomic mass is 9.87. The Bertz CT molecular complexity index is 1820. The Morgan fingerprint density at radius 3 is 2.65 bits per heavy atom. The Morgan fingerprint density at radius 1 is 0.900 bits per heavy atom. The number of carbonyl (C=O) groups excluding carboxylic acids is 1. The van der Waals surface area contributed by atoms with Crippen molar-refractivity contribution in [3.8, 4) is 33.8 Å². The number of aromatic nitrogens is 7. The van der Waals surface area contributed by atoms with E-state index in [-0.39, 0.29) is 5.91 Å². The van der Waals surface area contributed by atoms with E-state index in [2.05, 4.69) is 52.6 Å². The van der Waals surface area contributed by atoms with Gasteiger partial charge in [0.2, 0.25) is 5.91 Å². The van der Waals surface area contributed by atoms with E-state index < -0.39 is 0 Å². The van der Waals surface area contributed by atoms with Crippen LogP contribution in [0.25, 0.3) is 55.7 Å². The second-order valence-corrected chi connectivity index (χ2v) is 10.5. The Morgan fingerprint density at radius 2 is 1.77 bits per heavy atom. The van der Waals surface area contributed by atoms with Crippen LogP contribution >= 0.6 is 0 Å². The fourth-order valence-corrected chi connectivity index (χ4v) is 5.71. The fraction of sp³-hybridized carbons (Fsp3) is 0.226. The zero-order chi connectivity index (χ0) is 26.9. The summed E-state index contributed by atoms with van der Waals surface area (Å²) in [5.74, 6) is 0.534. The van der Waals surface area contributed by atoms with Gasteiger partial charge in [-0.05, 0) is 49.1 Å². The fourth-order valence-electron chi connectivity index (χ4n) is 5.71. The van der Waals surface area contributed by atoms with Gasteiger partial charge in [-0.25, -0.2) is 4.98 Å². The van der Waals surface area contributed by atoms with Crippen LogP contribution in [-0.4, -0.2) is 41.0 Å². The molecule has 3 N–H and O–H groups in total. The van der Waals surface area contributed by atoms with Crippen molar-refractivity contribution in [2.45, 2.75) is 38.5 Å². The molecule has 0 aliphatic heterocycles. The highest BCUT2D eigenvalue weighted by atomic mass is 16.1. The normalized spacial score (nSPS) is 14.1. The lowest BCUT2D eigenvalue weighted by Gasteiger charge is -2.20. The molecule has 0 saturated heterocycles. The zero-order valence-corrected chi connectivity index (χ0v) is 21.9. The molecule has 1 fully saturated rings. The van der Waals surface area contributed by atoms with Gasteiger partial charge in [-0.3, -0.25) is 24.8 Å². The van der Waals surface area contributed by atoms with E-state index in [1.165, 1.54) is 19.3 Å². The summed E-state index contributed by atoms with van der Waals surface area (Å²) in [7, 11) is 0. The summed E-state index contributed by atoms with van der Waals surface area (Å²) in [6.45, 7) is 0. The molecule has 0 spiro atoms. The van der Waals surface area contributed by atoms with Crippen LogP contribution in [0.4, 0.5) is 5.69 Å². The first-order chi connectivity index (χ1) is 19.7. The van der Waals surface area contributed by atoms with E-state index in [1.807, 2.05) is 36.7 Å². The average molecular weight is 529 g/mol. The Balaban J connectivity index is 1.19. The van der Waals surface area contributed by atoms with E-state index >= 15 is 0 Å². The molecular formula is C31H28N8O. The Hall–Kier alpha value is -4.92. The van der Waals surface area contributed by atoms with Crippen molar-refractivity contribution in [1.29, 1.82) is 0 Å². The number of carbonyl (C=O) groups is 1. The topological polar surface area (TPSA) is 125 Å². The standard InChI is InChI=1S/C31H28N8O/c40-29(10-19-6-2-1-3-7-19)36-22-11-20(14-32-16-22)21-12-24-30(38-39-31(24)35-15-21)27-13-23-25(17-33-18-28(23)37-27)26-8-4-5-9-34-26/h4-5,8-9,11-19,37H,1-3,6-7,10H2,(H,36,40)(H,35,38,39). The van der Waals surface area contributed by atoms with Gasteiger partial charge in [0.05, 0.1) is 40.7 Å². The lowest BCUT2D eigenvalue weighted by Crippen LogP contribution is -2.18. The summed E-state index contributed by atoms with van der Waals surface area (Å²) in [6, 6.07) is 11.9. The van der Waals surface area contributed by atoms with Crippen LogP contribution in [-0.2, 0) is 4.79 Å². The first-order valence-electron chi connectivity index (χ1n) is 13.7. The molecule has 6 heterocycles. The lowest BCUT2D eigenvalue weighted by molar-refractivity contribution is -0.117. The van der Waals surface area contributed by atoms with Crippen LogP contribution in [0.2, 0.25) is 0 Å². The van der Waals surface area contributed by atoms with Gasteiger partial charge >= 0.3 is 0 Å². The molecule has 40 heavy (non-hydrogen) atoms. The summed E-state index contributed by atoms with van der Waals surface area (Å²) < 4.78 is 0. The van der Waals surface area contributed by atoms with Crippen LogP contribution in [0.15, 0.2) is 73.6 Å². The number of rotatable bonds is 6. The number of nitrogens with one attached hydrogen (secondary N) is 3. The number of nitrogens with zero attached hydrogens (tertiary/aromatic N) is 5. The van der Waals surface area contributed by atoms with E-state index in [1.54, 1.807) is 24.8 Å². The highest BCUT2D eigenvalue weighted by Gasteiger charge is 2.18. The highest BCUT2D eigenvalue weighted by molar-refractivity contribution is 6.00. The van der Waals surface area contributed by atoms with E-state index in [9.17, 15) is 4.79 Å². The van der Waals surface area contributed by atoms with Crippen molar-refractivity contribution in [1.82, 2.24) is 35.1 Å². The number of anilines is 1. The van der Waals surface area contributed by atoms with Gasteiger partial charge in [0.25, 0.3) is 0 Å². The van der Waals surface area contributed by atoms with Crippen molar-refractivity contribution in [2.24, 2.45) is 5.92 Å². The van der Waals surface area contributed by atoms with Crippen molar-refractivity contribution in [3.63, 3.8) is 0 Å². The van der Waals surface area contributed by atoms with Gasteiger partial charge in [0.15, 0.2) is 5.65 Å². The predicted molar refractivity (Wildman–Crippen MR) is 155 cm³/mol. The van der Waals surface area contributed by atoms with Crippen molar-refractivity contribution < 1.29 is 4.79 Å². The maximum absolute atomic E-state index is 12.7. The third-order valence-corrected chi connectivity index (χ3v) is 7.72. The van der Waals surface area contributed by atoms with Crippen LogP contribution in [0.1, 0.15) is 38.5 Å². The molecule has 0 radical (unpaired) electrons. The molecule has 6 aromatic rings. The van der Waals surface area contributed by atoms with E-state index in [0.29, 0.717) is 23.7 Å². The molecular weight excluding hydrogens is 500 g/mol. The first kappa shape index (κ1) is 24.1. The molecule has 6 aromatic heterocycles. The van der Waals surface area contributed by atoms with E-state index in [4.69, 9.17) is 0 Å². The minimum Gasteiger partial charge on any atom is -0.352 e. The number of hydrogen-bond donors (Lipinski definition) is 3. The largest absolute Gasteiger partial charge is 0.352 e. The highest BCUT2D eigenvalue weighted by Crippen LogP contribution is 2.34. The van der Waals surface area contributed by atoms with Gasteiger partial charge in [0.1, 0.15) is 0 Å².